The van der Waals surface area contributed by atoms with Crippen molar-refractivity contribution < 1.29 is 24.1 Å². The number of hydrogen-bond donors (Lipinski definition) is 1. The average molecular weight is 406 g/mol. The predicted molar refractivity (Wildman–Crippen MR) is 108 cm³/mol. The first-order valence-corrected chi connectivity index (χ1v) is 9.43. The third kappa shape index (κ3) is 5.01. The minimum absolute atomic E-state index is 0.0333. The number of halogens is 1. The van der Waals surface area contributed by atoms with E-state index in [9.17, 15) is 4.79 Å². The van der Waals surface area contributed by atoms with Crippen LogP contribution in [0.1, 0.15) is 26.3 Å². The van der Waals surface area contributed by atoms with Crippen molar-refractivity contribution in [3.8, 4) is 17.2 Å². The third-order valence-electron chi connectivity index (χ3n) is 4.15. The van der Waals surface area contributed by atoms with Crippen molar-refractivity contribution in [2.45, 2.75) is 27.3 Å². The van der Waals surface area contributed by atoms with Gasteiger partial charge in [-0.05, 0) is 35.7 Å². The molecule has 28 heavy (non-hydrogen) atoms. The summed E-state index contributed by atoms with van der Waals surface area (Å²) in [4.78, 5) is 13.0. The zero-order valence-corrected chi connectivity index (χ0v) is 17.0. The van der Waals surface area contributed by atoms with Gasteiger partial charge < -0.3 is 24.2 Å². The van der Waals surface area contributed by atoms with E-state index < -0.39 is 6.16 Å². The Morgan fingerprint density at radius 2 is 2.04 bits per heavy atom. The van der Waals surface area contributed by atoms with Crippen LogP contribution in [0.25, 0.3) is 0 Å². The van der Waals surface area contributed by atoms with Crippen molar-refractivity contribution in [2.75, 3.05) is 24.7 Å². The zero-order valence-electron chi connectivity index (χ0n) is 16.2. The van der Waals surface area contributed by atoms with Gasteiger partial charge in [-0.1, -0.05) is 38.4 Å². The van der Waals surface area contributed by atoms with E-state index in [-0.39, 0.29) is 11.2 Å². The molecule has 1 aliphatic heterocycles. The number of carbonyl (C=O) groups is 1. The summed E-state index contributed by atoms with van der Waals surface area (Å²) in [6.45, 7) is 8.55. The lowest BCUT2D eigenvalue weighted by Gasteiger charge is -2.32. The maximum absolute atomic E-state index is 10.9. The van der Waals surface area contributed by atoms with Crippen LogP contribution in [0.5, 0.6) is 17.2 Å². The van der Waals surface area contributed by atoms with E-state index in [1.54, 1.807) is 12.1 Å². The topological polar surface area (TPSA) is 68.2 Å². The fraction of sp³-hybridized carbons (Fsp3) is 0.381. The molecular formula is C21H24ClNO5. The monoisotopic (exact) mass is 405 g/mol. The first-order chi connectivity index (χ1) is 13.2. The van der Waals surface area contributed by atoms with Gasteiger partial charge in [0.15, 0.2) is 11.5 Å². The normalized spacial score (nSPS) is 13.5. The lowest BCUT2D eigenvalue weighted by Crippen LogP contribution is -2.32. The maximum atomic E-state index is 10.9. The molecule has 0 bridgehead atoms. The lowest BCUT2D eigenvalue weighted by molar-refractivity contribution is 0.142. The highest BCUT2D eigenvalue weighted by Crippen LogP contribution is 2.41. The van der Waals surface area contributed by atoms with Crippen LogP contribution in [0.3, 0.4) is 0 Å². The van der Waals surface area contributed by atoms with Crippen LogP contribution >= 0.6 is 11.6 Å². The summed E-state index contributed by atoms with van der Waals surface area (Å²) >= 11 is 6.22. The predicted octanol–water partition coefficient (Wildman–Crippen LogP) is 5.22. The van der Waals surface area contributed by atoms with Gasteiger partial charge in [0.2, 0.25) is 0 Å². The van der Waals surface area contributed by atoms with Gasteiger partial charge in [0.25, 0.3) is 0 Å². The molecule has 0 atom stereocenters. The van der Waals surface area contributed by atoms with Gasteiger partial charge >= 0.3 is 6.16 Å². The van der Waals surface area contributed by atoms with E-state index in [1.165, 1.54) is 0 Å². The molecule has 0 unspecified atom stereocenters. The number of benzene rings is 2. The smallest absolute Gasteiger partial charge is 0.493 e. The molecule has 0 fully saturated rings. The molecule has 0 saturated carbocycles. The molecule has 6 nitrogen and oxygen atoms in total. The van der Waals surface area contributed by atoms with Crippen LogP contribution in [0.2, 0.25) is 5.02 Å². The standard InChI is InChI=1S/C21H24ClNO5/c1-21(2,3)13-27-17-8-7-15(22)11-14(17)12-23-9-10-26-19-16(23)5-4-6-18(19)28-20(24)25/h4-8,11H,9-10,12-13H2,1-3H3,(H,24,25). The molecule has 0 aliphatic carbocycles. The Bertz CT molecular complexity index is 862. The van der Waals surface area contributed by atoms with E-state index in [0.29, 0.717) is 37.1 Å². The SMILES string of the molecule is CC(C)(C)COc1ccc(Cl)cc1CN1CCOc2c(OC(=O)O)cccc21. The largest absolute Gasteiger partial charge is 0.511 e. The van der Waals surface area contributed by atoms with Crippen LogP contribution < -0.4 is 19.1 Å². The number of rotatable bonds is 5. The van der Waals surface area contributed by atoms with Crippen molar-refractivity contribution in [3.05, 3.63) is 47.0 Å². The second-order valence-electron chi connectivity index (χ2n) is 7.84. The minimum atomic E-state index is -1.37. The Labute approximate surface area is 169 Å². The number of anilines is 1. The first kappa shape index (κ1) is 20.1. The van der Waals surface area contributed by atoms with Crippen LogP contribution in [-0.2, 0) is 6.54 Å². The second-order valence-corrected chi connectivity index (χ2v) is 8.28. The summed E-state index contributed by atoms with van der Waals surface area (Å²) in [6.07, 6.45) is -1.37. The Morgan fingerprint density at radius 1 is 1.25 bits per heavy atom. The van der Waals surface area contributed by atoms with E-state index in [4.69, 9.17) is 30.9 Å². The van der Waals surface area contributed by atoms with Crippen LogP contribution in [0, 0.1) is 5.41 Å². The third-order valence-corrected chi connectivity index (χ3v) is 4.38. The zero-order chi connectivity index (χ0) is 20.3. The molecule has 0 saturated heterocycles. The van der Waals surface area contributed by atoms with Gasteiger partial charge in [0.05, 0.1) is 18.8 Å². The number of nitrogens with zero attached hydrogens (tertiary/aromatic N) is 1. The molecule has 1 heterocycles. The molecule has 1 aliphatic rings. The maximum Gasteiger partial charge on any atom is 0.511 e. The van der Waals surface area contributed by atoms with Crippen molar-refractivity contribution in [3.63, 3.8) is 0 Å². The molecule has 0 radical (unpaired) electrons. The Kier molecular flexibility index (Phi) is 5.89. The lowest BCUT2D eigenvalue weighted by atomic mass is 9.98. The highest BCUT2D eigenvalue weighted by molar-refractivity contribution is 6.30. The van der Waals surface area contributed by atoms with Gasteiger partial charge in [-0.3, -0.25) is 0 Å². The van der Waals surface area contributed by atoms with Gasteiger partial charge in [0.1, 0.15) is 12.4 Å². The van der Waals surface area contributed by atoms with Gasteiger partial charge in [-0.15, -0.1) is 0 Å². The van der Waals surface area contributed by atoms with Crippen molar-refractivity contribution in [2.24, 2.45) is 5.41 Å². The summed E-state index contributed by atoms with van der Waals surface area (Å²) in [5, 5.41) is 9.57. The molecule has 2 aromatic carbocycles. The fourth-order valence-corrected chi connectivity index (χ4v) is 3.12. The Hall–Kier alpha value is -2.60. The molecule has 2 aromatic rings. The van der Waals surface area contributed by atoms with Gasteiger partial charge in [-0.25, -0.2) is 4.79 Å². The van der Waals surface area contributed by atoms with Gasteiger partial charge in [0, 0.05) is 17.1 Å². The molecule has 7 heteroatoms. The molecule has 3 rings (SSSR count). The van der Waals surface area contributed by atoms with Crippen LogP contribution in [0.4, 0.5) is 10.5 Å². The molecule has 0 spiro atoms. The van der Waals surface area contributed by atoms with Gasteiger partial charge in [-0.2, -0.15) is 0 Å². The Balaban J connectivity index is 1.88. The summed E-state index contributed by atoms with van der Waals surface area (Å²) in [5.74, 6) is 1.39. The van der Waals surface area contributed by atoms with Crippen molar-refractivity contribution in [1.82, 2.24) is 0 Å². The van der Waals surface area contributed by atoms with Crippen LogP contribution in [0.15, 0.2) is 36.4 Å². The average Bonchev–Trinajstić information content (AvgIpc) is 2.60. The molecule has 150 valence electrons. The number of para-hydroxylation sites is 1. The van der Waals surface area contributed by atoms with E-state index in [1.807, 2.05) is 24.3 Å². The number of carboxylic acid groups (broad SMARTS) is 1. The summed E-state index contributed by atoms with van der Waals surface area (Å²) in [7, 11) is 0. The molecule has 1 N–H and O–H groups in total. The van der Waals surface area contributed by atoms with Crippen molar-refractivity contribution >= 4 is 23.4 Å². The van der Waals surface area contributed by atoms with E-state index >= 15 is 0 Å². The minimum Gasteiger partial charge on any atom is -0.493 e. The molecule has 0 amide bonds. The quantitative estimate of drug-likeness (QED) is 0.543. The summed E-state index contributed by atoms with van der Waals surface area (Å²) < 4.78 is 16.6. The van der Waals surface area contributed by atoms with Crippen molar-refractivity contribution in [1.29, 1.82) is 0 Å². The molecule has 0 aromatic heterocycles. The van der Waals surface area contributed by atoms with Crippen LogP contribution in [-0.4, -0.2) is 31.0 Å². The van der Waals surface area contributed by atoms with E-state index in [2.05, 4.69) is 25.7 Å². The molecular weight excluding hydrogens is 382 g/mol. The highest BCUT2D eigenvalue weighted by atomic mass is 35.5. The second kappa shape index (κ2) is 8.19. The number of hydrogen-bond acceptors (Lipinski definition) is 5. The van der Waals surface area contributed by atoms with E-state index in [0.717, 1.165) is 17.0 Å². The Morgan fingerprint density at radius 3 is 2.75 bits per heavy atom. The number of ether oxygens (including phenoxy) is 3. The summed E-state index contributed by atoms with van der Waals surface area (Å²) in [6, 6.07) is 10.8. The first-order valence-electron chi connectivity index (χ1n) is 9.06. The fourth-order valence-electron chi connectivity index (χ4n) is 2.93. The highest BCUT2D eigenvalue weighted by Gasteiger charge is 2.24. The summed E-state index contributed by atoms with van der Waals surface area (Å²) in [5.41, 5.74) is 1.76. The number of fused-ring (bicyclic) bond motifs is 1.